The van der Waals surface area contributed by atoms with Crippen LogP contribution in [0.25, 0.3) is 0 Å². The van der Waals surface area contributed by atoms with Crippen LogP contribution in [0.2, 0.25) is 0 Å². The van der Waals surface area contributed by atoms with Crippen molar-refractivity contribution in [2.45, 2.75) is 19.4 Å². The van der Waals surface area contributed by atoms with Crippen LogP contribution in [0.3, 0.4) is 0 Å². The fourth-order valence-corrected chi connectivity index (χ4v) is 0.689. The third-order valence-electron chi connectivity index (χ3n) is 1.20. The van der Waals surface area contributed by atoms with Crippen LogP contribution >= 0.6 is 0 Å². The monoisotopic (exact) mass is 158 g/mol. The van der Waals surface area contributed by atoms with Crippen molar-refractivity contribution < 1.29 is 17.7 Å². The minimum absolute atomic E-state index is 0.463. The molecule has 0 saturated carbocycles. The van der Waals surface area contributed by atoms with E-state index in [4.69, 9.17) is 9.11 Å². The van der Waals surface area contributed by atoms with E-state index in [1.165, 1.54) is 6.92 Å². The Hall–Kier alpha value is -0.0000000000000000555. The van der Waals surface area contributed by atoms with Crippen molar-refractivity contribution in [1.29, 1.82) is 0 Å². The maximum absolute atomic E-state index is 12.1. The van der Waals surface area contributed by atoms with Crippen molar-refractivity contribution in [2.75, 3.05) is 5.75 Å². The second-order valence-corrected chi connectivity index (χ2v) is 5.30. The topological polar surface area (TPSA) is 57.5 Å². The first-order valence-corrected chi connectivity index (χ1v) is 4.67. The molecule has 0 aliphatic rings. The number of halogens is 1. The van der Waals surface area contributed by atoms with Crippen molar-refractivity contribution in [3.05, 3.63) is 0 Å². The standard InChI is InChI=1S/C4H11FO3S/c1-3-9(6,7,8)4(2)5/h4H,3H2,1-2H3,(H2,6,7,8). The van der Waals surface area contributed by atoms with Crippen LogP contribution in [-0.2, 0) is 9.63 Å². The molecule has 0 saturated heterocycles. The zero-order valence-electron chi connectivity index (χ0n) is 5.37. The minimum Gasteiger partial charge on any atom is -0.306 e. The van der Waals surface area contributed by atoms with Gasteiger partial charge in [0.25, 0.3) is 0 Å². The fraction of sp³-hybridized carbons (Fsp3) is 1.00. The molecule has 0 bridgehead atoms. The van der Waals surface area contributed by atoms with E-state index in [1.54, 1.807) is 0 Å². The first-order chi connectivity index (χ1) is 3.78. The van der Waals surface area contributed by atoms with E-state index >= 15 is 0 Å². The zero-order valence-corrected chi connectivity index (χ0v) is 6.19. The molecule has 3 nitrogen and oxygen atoms in total. The summed E-state index contributed by atoms with van der Waals surface area (Å²) in [6.45, 7) is 2.11. The molecule has 0 aromatic heterocycles. The largest absolute Gasteiger partial charge is 0.306 e. The summed E-state index contributed by atoms with van der Waals surface area (Å²) in [5, 5.41) is 0. The fourth-order valence-electron chi connectivity index (χ4n) is 0.230. The quantitative estimate of drug-likeness (QED) is 0.632. The summed E-state index contributed by atoms with van der Waals surface area (Å²) in [5.74, 6) is -0.463. The maximum atomic E-state index is 12.1. The Labute approximate surface area is 53.3 Å². The molecule has 1 atom stereocenters. The molecule has 0 aliphatic heterocycles. The highest BCUT2D eigenvalue weighted by Gasteiger charge is 2.35. The van der Waals surface area contributed by atoms with E-state index < -0.39 is 20.9 Å². The third-order valence-corrected chi connectivity index (χ3v) is 3.59. The molecule has 2 N–H and O–H groups in total. The van der Waals surface area contributed by atoms with Crippen molar-refractivity contribution in [3.8, 4) is 0 Å². The zero-order chi connectivity index (χ0) is 7.73. The molecule has 0 spiro atoms. The lowest BCUT2D eigenvalue weighted by Gasteiger charge is -2.30. The summed E-state index contributed by atoms with van der Waals surface area (Å²) in [7, 11) is -4.90. The van der Waals surface area contributed by atoms with Gasteiger partial charge in [0.1, 0.15) is 9.63 Å². The lowest BCUT2D eigenvalue weighted by Crippen LogP contribution is -2.41. The Morgan fingerprint density at radius 2 is 2.00 bits per heavy atom. The predicted octanol–water partition coefficient (Wildman–Crippen LogP) is 1.09. The lowest BCUT2D eigenvalue weighted by molar-refractivity contribution is 0.322. The van der Waals surface area contributed by atoms with Crippen molar-refractivity contribution in [1.82, 2.24) is 0 Å². The maximum Gasteiger partial charge on any atom is 0.194 e. The molecule has 1 unspecified atom stereocenters. The molecule has 0 radical (unpaired) electrons. The van der Waals surface area contributed by atoms with Crippen LogP contribution in [0.15, 0.2) is 0 Å². The van der Waals surface area contributed by atoms with Gasteiger partial charge in [0.2, 0.25) is 0 Å². The normalized spacial score (nSPS) is 20.3. The SMILES string of the molecule is CCS(=O)(O)(O)C(C)F. The van der Waals surface area contributed by atoms with E-state index in [0.29, 0.717) is 0 Å². The van der Waals surface area contributed by atoms with Crippen molar-refractivity contribution in [2.24, 2.45) is 0 Å². The number of hydrogen-bond donors (Lipinski definition) is 2. The molecule has 0 rings (SSSR count). The summed E-state index contributed by atoms with van der Waals surface area (Å²) in [6.07, 6.45) is 0. The van der Waals surface area contributed by atoms with Gasteiger partial charge in [-0.25, -0.2) is 8.60 Å². The Balaban J connectivity index is 4.53. The van der Waals surface area contributed by atoms with E-state index in [-0.39, 0.29) is 0 Å². The molecule has 9 heavy (non-hydrogen) atoms. The van der Waals surface area contributed by atoms with E-state index in [1.807, 2.05) is 0 Å². The first-order valence-electron chi connectivity index (χ1n) is 2.56. The smallest absolute Gasteiger partial charge is 0.194 e. The van der Waals surface area contributed by atoms with Gasteiger partial charge in [-0.1, -0.05) is 6.92 Å². The highest BCUT2D eigenvalue weighted by atomic mass is 32.3. The average molecular weight is 158 g/mol. The van der Waals surface area contributed by atoms with Crippen LogP contribution in [0, 0.1) is 0 Å². The Morgan fingerprint density at radius 3 is 2.00 bits per heavy atom. The summed E-state index contributed by atoms with van der Waals surface area (Å²) in [6, 6.07) is 0. The third kappa shape index (κ3) is 2.00. The van der Waals surface area contributed by atoms with Gasteiger partial charge >= 0.3 is 0 Å². The molecule has 0 heterocycles. The summed E-state index contributed by atoms with van der Waals surface area (Å²) in [4.78, 5) is 0. The van der Waals surface area contributed by atoms with Gasteiger partial charge in [0.15, 0.2) is 5.50 Å². The molecule has 0 amide bonds. The number of hydrogen-bond acceptors (Lipinski definition) is 1. The molecule has 0 fully saturated rings. The molecule has 0 aromatic carbocycles. The van der Waals surface area contributed by atoms with Crippen LogP contribution < -0.4 is 0 Å². The second-order valence-electron chi connectivity index (χ2n) is 1.91. The number of alkyl halides is 1. The van der Waals surface area contributed by atoms with Crippen LogP contribution in [0.5, 0.6) is 0 Å². The van der Waals surface area contributed by atoms with Crippen molar-refractivity contribution >= 4 is 9.63 Å². The molecule has 5 heteroatoms. The van der Waals surface area contributed by atoms with Gasteiger partial charge in [-0.3, -0.25) is 0 Å². The molecule has 0 aromatic rings. The second kappa shape index (κ2) is 2.00. The lowest BCUT2D eigenvalue weighted by atomic mass is 10.9. The Bertz CT molecular complexity index is 159. The summed E-state index contributed by atoms with van der Waals surface area (Å²) < 4.78 is 39.9. The Kier molecular flexibility index (Phi) is 2.00. The highest BCUT2D eigenvalue weighted by Crippen LogP contribution is 2.23. The van der Waals surface area contributed by atoms with Gasteiger partial charge in [-0.15, -0.1) is 0 Å². The molecule has 58 valence electrons. The van der Waals surface area contributed by atoms with E-state index in [9.17, 15) is 8.60 Å². The van der Waals surface area contributed by atoms with Gasteiger partial charge in [0.05, 0.1) is 0 Å². The van der Waals surface area contributed by atoms with E-state index in [2.05, 4.69) is 0 Å². The van der Waals surface area contributed by atoms with E-state index in [0.717, 1.165) is 6.92 Å². The van der Waals surface area contributed by atoms with Crippen LogP contribution in [0.4, 0.5) is 4.39 Å². The first kappa shape index (κ1) is 9.00. The highest BCUT2D eigenvalue weighted by molar-refractivity contribution is 8.10. The molecular formula is C4H11FO3S. The van der Waals surface area contributed by atoms with Crippen LogP contribution in [-0.4, -0.2) is 24.6 Å². The minimum atomic E-state index is -4.90. The van der Waals surface area contributed by atoms with Gasteiger partial charge < -0.3 is 9.11 Å². The van der Waals surface area contributed by atoms with Crippen LogP contribution in [0.1, 0.15) is 13.8 Å². The molecular weight excluding hydrogens is 147 g/mol. The van der Waals surface area contributed by atoms with Gasteiger partial charge in [-0.05, 0) is 6.92 Å². The van der Waals surface area contributed by atoms with Gasteiger partial charge in [0, 0.05) is 5.75 Å². The Morgan fingerprint density at radius 1 is 1.67 bits per heavy atom. The van der Waals surface area contributed by atoms with Crippen molar-refractivity contribution in [3.63, 3.8) is 0 Å². The predicted molar refractivity (Wildman–Crippen MR) is 34.5 cm³/mol. The summed E-state index contributed by atoms with van der Waals surface area (Å²) in [5.41, 5.74) is -2.08. The summed E-state index contributed by atoms with van der Waals surface area (Å²) >= 11 is 0. The van der Waals surface area contributed by atoms with Gasteiger partial charge in [-0.2, -0.15) is 0 Å². The molecule has 0 aliphatic carbocycles. The average Bonchev–Trinajstić information content (AvgIpc) is 1.66. The number of rotatable bonds is 2.